The normalized spacial score (nSPS) is 11.6. The standard InChI is InChI=1S/C20H20N4O5/c1-13-8-9-21-23(13)14(2)20(25)22-15-10-16(24(26)27)12-19(11-15)29-18-6-4-17(28-3)5-7-18/h4-12,14H,1-3H3,(H,22,25). The molecule has 1 aromatic heterocycles. The summed E-state index contributed by atoms with van der Waals surface area (Å²) in [6, 6.07) is 12.1. The molecular weight excluding hydrogens is 376 g/mol. The minimum Gasteiger partial charge on any atom is -0.497 e. The number of hydrogen-bond acceptors (Lipinski definition) is 6. The Labute approximate surface area is 167 Å². The first-order valence-electron chi connectivity index (χ1n) is 8.79. The Balaban J connectivity index is 1.83. The largest absolute Gasteiger partial charge is 0.497 e. The zero-order valence-corrected chi connectivity index (χ0v) is 16.2. The topological polar surface area (TPSA) is 109 Å². The highest BCUT2D eigenvalue weighted by Crippen LogP contribution is 2.31. The molecule has 150 valence electrons. The minimum atomic E-state index is -0.588. The van der Waals surface area contributed by atoms with Gasteiger partial charge in [-0.05, 0) is 44.2 Å². The average Bonchev–Trinajstić information content (AvgIpc) is 3.13. The maximum Gasteiger partial charge on any atom is 0.275 e. The van der Waals surface area contributed by atoms with E-state index in [4.69, 9.17) is 9.47 Å². The molecule has 2 aromatic carbocycles. The fourth-order valence-corrected chi connectivity index (χ4v) is 2.74. The van der Waals surface area contributed by atoms with E-state index in [2.05, 4.69) is 10.4 Å². The van der Waals surface area contributed by atoms with Gasteiger partial charge in [-0.2, -0.15) is 5.10 Å². The van der Waals surface area contributed by atoms with Crippen LogP contribution in [0.3, 0.4) is 0 Å². The number of rotatable bonds is 7. The van der Waals surface area contributed by atoms with Crippen LogP contribution in [0.1, 0.15) is 18.7 Å². The molecule has 1 amide bonds. The lowest BCUT2D eigenvalue weighted by atomic mass is 10.2. The molecule has 1 unspecified atom stereocenters. The number of amides is 1. The van der Waals surface area contributed by atoms with Gasteiger partial charge in [-0.1, -0.05) is 0 Å². The number of carbonyl (C=O) groups is 1. The van der Waals surface area contributed by atoms with Crippen LogP contribution >= 0.6 is 0 Å². The summed E-state index contributed by atoms with van der Waals surface area (Å²) >= 11 is 0. The molecule has 0 saturated heterocycles. The number of ether oxygens (including phenoxy) is 2. The smallest absolute Gasteiger partial charge is 0.275 e. The van der Waals surface area contributed by atoms with Crippen LogP contribution in [0, 0.1) is 17.0 Å². The van der Waals surface area contributed by atoms with E-state index in [1.165, 1.54) is 18.2 Å². The molecule has 0 aliphatic heterocycles. The van der Waals surface area contributed by atoms with Gasteiger partial charge in [-0.25, -0.2) is 0 Å². The Bertz CT molecular complexity index is 1030. The quantitative estimate of drug-likeness (QED) is 0.476. The molecule has 0 spiro atoms. The van der Waals surface area contributed by atoms with Crippen LogP contribution in [-0.4, -0.2) is 27.7 Å². The van der Waals surface area contributed by atoms with Gasteiger partial charge in [0.2, 0.25) is 5.91 Å². The molecular formula is C20H20N4O5. The number of aryl methyl sites for hydroxylation is 1. The Kier molecular flexibility index (Phi) is 5.77. The maximum absolute atomic E-state index is 12.6. The van der Waals surface area contributed by atoms with Crippen molar-refractivity contribution >= 4 is 17.3 Å². The van der Waals surface area contributed by atoms with E-state index in [-0.39, 0.29) is 23.0 Å². The van der Waals surface area contributed by atoms with Gasteiger partial charge in [-0.15, -0.1) is 0 Å². The van der Waals surface area contributed by atoms with Crippen molar-refractivity contribution in [2.75, 3.05) is 12.4 Å². The Morgan fingerprint density at radius 3 is 2.41 bits per heavy atom. The number of carbonyl (C=O) groups excluding carboxylic acids is 1. The summed E-state index contributed by atoms with van der Waals surface area (Å²) < 4.78 is 12.4. The van der Waals surface area contributed by atoms with Crippen LogP contribution < -0.4 is 14.8 Å². The van der Waals surface area contributed by atoms with Crippen molar-refractivity contribution in [2.45, 2.75) is 19.9 Å². The number of hydrogen-bond donors (Lipinski definition) is 1. The fourth-order valence-electron chi connectivity index (χ4n) is 2.74. The molecule has 1 N–H and O–H groups in total. The van der Waals surface area contributed by atoms with Crippen LogP contribution in [0.25, 0.3) is 0 Å². The Morgan fingerprint density at radius 2 is 1.83 bits per heavy atom. The summed E-state index contributed by atoms with van der Waals surface area (Å²) in [6.07, 6.45) is 1.60. The molecule has 0 aliphatic rings. The third-order valence-electron chi connectivity index (χ3n) is 4.28. The van der Waals surface area contributed by atoms with Gasteiger partial charge in [0.25, 0.3) is 5.69 Å². The summed E-state index contributed by atoms with van der Waals surface area (Å²) in [5, 5.41) is 18.1. The number of anilines is 1. The first-order valence-corrected chi connectivity index (χ1v) is 8.79. The van der Waals surface area contributed by atoms with Gasteiger partial charge >= 0.3 is 0 Å². The molecule has 3 aromatic rings. The van der Waals surface area contributed by atoms with Crippen LogP contribution in [0.4, 0.5) is 11.4 Å². The Hall–Kier alpha value is -3.88. The van der Waals surface area contributed by atoms with Crippen molar-refractivity contribution in [3.8, 4) is 17.2 Å². The van der Waals surface area contributed by atoms with Gasteiger partial charge in [0, 0.05) is 24.0 Å². The van der Waals surface area contributed by atoms with Crippen LogP contribution in [0.2, 0.25) is 0 Å². The minimum absolute atomic E-state index is 0.200. The number of nitrogens with one attached hydrogen (secondary N) is 1. The molecule has 0 aliphatic carbocycles. The zero-order chi connectivity index (χ0) is 21.0. The number of aromatic nitrogens is 2. The van der Waals surface area contributed by atoms with Crippen molar-refractivity contribution in [1.82, 2.24) is 9.78 Å². The van der Waals surface area contributed by atoms with Crippen molar-refractivity contribution in [3.63, 3.8) is 0 Å². The van der Waals surface area contributed by atoms with Gasteiger partial charge in [0.15, 0.2) is 0 Å². The highest BCUT2D eigenvalue weighted by atomic mass is 16.6. The molecule has 29 heavy (non-hydrogen) atoms. The zero-order valence-electron chi connectivity index (χ0n) is 16.2. The highest BCUT2D eigenvalue weighted by molar-refractivity contribution is 5.94. The molecule has 0 fully saturated rings. The van der Waals surface area contributed by atoms with Crippen molar-refractivity contribution in [1.29, 1.82) is 0 Å². The van der Waals surface area contributed by atoms with Crippen LogP contribution in [-0.2, 0) is 4.79 Å². The summed E-state index contributed by atoms with van der Waals surface area (Å²) in [5.41, 5.74) is 0.883. The van der Waals surface area contributed by atoms with E-state index < -0.39 is 11.0 Å². The van der Waals surface area contributed by atoms with E-state index in [0.29, 0.717) is 11.5 Å². The molecule has 9 nitrogen and oxygen atoms in total. The summed E-state index contributed by atoms with van der Waals surface area (Å²) in [5.74, 6) is 1.01. The second-order valence-electron chi connectivity index (χ2n) is 6.33. The first kappa shape index (κ1) is 19.9. The van der Waals surface area contributed by atoms with E-state index in [1.807, 2.05) is 6.92 Å². The van der Waals surface area contributed by atoms with Crippen LogP contribution in [0.5, 0.6) is 17.2 Å². The molecule has 1 heterocycles. The van der Waals surface area contributed by atoms with Crippen molar-refractivity contribution in [3.05, 3.63) is 70.5 Å². The maximum atomic E-state index is 12.6. The summed E-state index contributed by atoms with van der Waals surface area (Å²) in [4.78, 5) is 23.3. The number of nitrogens with zero attached hydrogens (tertiary/aromatic N) is 3. The average molecular weight is 396 g/mol. The van der Waals surface area contributed by atoms with E-state index >= 15 is 0 Å². The highest BCUT2D eigenvalue weighted by Gasteiger charge is 2.19. The monoisotopic (exact) mass is 396 g/mol. The second kappa shape index (κ2) is 8.42. The fraction of sp³-hybridized carbons (Fsp3) is 0.200. The first-order chi connectivity index (χ1) is 13.9. The molecule has 1 atom stereocenters. The van der Waals surface area contributed by atoms with Crippen molar-refractivity contribution in [2.24, 2.45) is 0 Å². The van der Waals surface area contributed by atoms with Gasteiger partial charge in [0.1, 0.15) is 23.3 Å². The van der Waals surface area contributed by atoms with E-state index in [9.17, 15) is 14.9 Å². The van der Waals surface area contributed by atoms with Crippen molar-refractivity contribution < 1.29 is 19.2 Å². The number of non-ortho nitro benzene ring substituents is 1. The Morgan fingerprint density at radius 1 is 1.14 bits per heavy atom. The predicted molar refractivity (Wildman–Crippen MR) is 106 cm³/mol. The second-order valence-corrected chi connectivity index (χ2v) is 6.33. The molecule has 0 bridgehead atoms. The van der Waals surface area contributed by atoms with Gasteiger partial charge in [0.05, 0.1) is 23.8 Å². The third-order valence-corrected chi connectivity index (χ3v) is 4.28. The predicted octanol–water partition coefficient (Wildman–Crippen LogP) is 4.10. The molecule has 0 saturated carbocycles. The SMILES string of the molecule is COc1ccc(Oc2cc(NC(=O)C(C)n3nccc3C)cc([N+](=O)[O-])c2)cc1. The molecule has 9 heteroatoms. The lowest BCUT2D eigenvalue weighted by molar-refractivity contribution is -0.384. The van der Waals surface area contributed by atoms with E-state index in [0.717, 1.165) is 5.69 Å². The number of benzene rings is 2. The number of methoxy groups -OCH3 is 1. The summed E-state index contributed by atoms with van der Waals surface area (Å²) in [7, 11) is 1.55. The third kappa shape index (κ3) is 4.70. The van der Waals surface area contributed by atoms with Crippen LogP contribution in [0.15, 0.2) is 54.7 Å². The number of nitro groups is 1. The van der Waals surface area contributed by atoms with Gasteiger partial charge < -0.3 is 14.8 Å². The lowest BCUT2D eigenvalue weighted by Gasteiger charge is -2.15. The lowest BCUT2D eigenvalue weighted by Crippen LogP contribution is -2.25. The molecule has 3 rings (SSSR count). The van der Waals surface area contributed by atoms with E-state index in [1.54, 1.807) is 55.2 Å². The van der Waals surface area contributed by atoms with Gasteiger partial charge in [-0.3, -0.25) is 19.6 Å². The number of nitro benzene ring substituents is 1. The molecule has 0 radical (unpaired) electrons. The summed E-state index contributed by atoms with van der Waals surface area (Å²) in [6.45, 7) is 3.53.